The molecule has 1 amide bonds. The number of carbonyl (C=O) groups is 1. The standard InChI is InChI=1S/C18H15N9O3S2/c19-26-16(23-20-9-11-5-7-12(8-6-11)27(29)30)24-25-18(26)31-10-15(28)22-17-21-13-3-1-2-4-14(13)32-17/h1-9H,10,19H2,(H,23,24)(H,21,22,28)/b20-9+. The van der Waals surface area contributed by atoms with E-state index in [1.807, 2.05) is 24.3 Å². The van der Waals surface area contributed by atoms with Crippen molar-refractivity contribution < 1.29 is 9.72 Å². The molecule has 4 aromatic rings. The van der Waals surface area contributed by atoms with Gasteiger partial charge in [-0.3, -0.25) is 14.9 Å². The zero-order valence-electron chi connectivity index (χ0n) is 16.2. The SMILES string of the molecule is Nn1c(N/N=C/c2ccc([N+](=O)[O-])cc2)nnc1SCC(=O)Nc1nc2ccccc2s1. The number of non-ortho nitro benzene ring substituents is 1. The summed E-state index contributed by atoms with van der Waals surface area (Å²) in [5, 5.41) is 26.1. The predicted molar refractivity (Wildman–Crippen MR) is 123 cm³/mol. The summed E-state index contributed by atoms with van der Waals surface area (Å²) in [5.74, 6) is 5.93. The van der Waals surface area contributed by atoms with Gasteiger partial charge in [0.1, 0.15) is 0 Å². The molecule has 0 fully saturated rings. The Hall–Kier alpha value is -4.04. The van der Waals surface area contributed by atoms with E-state index in [1.165, 1.54) is 34.4 Å². The molecule has 0 spiro atoms. The maximum absolute atomic E-state index is 12.2. The molecule has 0 aliphatic carbocycles. The van der Waals surface area contributed by atoms with Crippen LogP contribution in [0.1, 0.15) is 5.56 Å². The molecular formula is C18H15N9O3S2. The summed E-state index contributed by atoms with van der Waals surface area (Å²) in [6, 6.07) is 13.5. The fraction of sp³-hybridized carbons (Fsp3) is 0.0556. The zero-order chi connectivity index (χ0) is 22.5. The topological polar surface area (TPSA) is 166 Å². The maximum Gasteiger partial charge on any atom is 0.269 e. The molecule has 0 aliphatic rings. The molecule has 0 unspecified atom stereocenters. The summed E-state index contributed by atoms with van der Waals surface area (Å²) in [7, 11) is 0. The molecule has 2 heterocycles. The first-order valence-electron chi connectivity index (χ1n) is 9.02. The average molecular weight is 470 g/mol. The Morgan fingerprint density at radius 1 is 1.25 bits per heavy atom. The molecule has 162 valence electrons. The lowest BCUT2D eigenvalue weighted by molar-refractivity contribution is -0.384. The van der Waals surface area contributed by atoms with E-state index in [0.717, 1.165) is 22.0 Å². The van der Waals surface area contributed by atoms with Crippen LogP contribution in [0, 0.1) is 10.1 Å². The van der Waals surface area contributed by atoms with E-state index < -0.39 is 4.92 Å². The summed E-state index contributed by atoms with van der Waals surface area (Å²) < 4.78 is 2.16. The number of nitro groups is 1. The molecule has 12 nitrogen and oxygen atoms in total. The number of thioether (sulfide) groups is 1. The Balaban J connectivity index is 1.30. The number of hydrazone groups is 1. The quantitative estimate of drug-likeness (QED) is 0.116. The molecule has 0 bridgehead atoms. The van der Waals surface area contributed by atoms with Gasteiger partial charge < -0.3 is 11.2 Å². The summed E-state index contributed by atoms with van der Waals surface area (Å²) in [6.45, 7) is 0. The first-order chi connectivity index (χ1) is 15.5. The molecule has 0 radical (unpaired) electrons. The first kappa shape index (κ1) is 21.2. The van der Waals surface area contributed by atoms with Gasteiger partial charge in [-0.25, -0.2) is 15.1 Å². The van der Waals surface area contributed by atoms with Crippen molar-refractivity contribution in [1.82, 2.24) is 19.9 Å². The van der Waals surface area contributed by atoms with Gasteiger partial charge in [0.15, 0.2) is 5.13 Å². The van der Waals surface area contributed by atoms with E-state index in [4.69, 9.17) is 5.84 Å². The van der Waals surface area contributed by atoms with Crippen molar-refractivity contribution >= 4 is 62.2 Å². The minimum atomic E-state index is -0.478. The average Bonchev–Trinajstić information content (AvgIpc) is 3.35. The number of nitrogens with one attached hydrogen (secondary N) is 2. The lowest BCUT2D eigenvalue weighted by Crippen LogP contribution is -2.16. The van der Waals surface area contributed by atoms with Crippen molar-refractivity contribution in [2.75, 3.05) is 22.3 Å². The second kappa shape index (κ2) is 9.40. The molecule has 0 aliphatic heterocycles. The molecule has 2 aromatic carbocycles. The third-order valence-corrected chi connectivity index (χ3v) is 5.91. The Morgan fingerprint density at radius 2 is 2.03 bits per heavy atom. The normalized spacial score (nSPS) is 11.1. The highest BCUT2D eigenvalue weighted by molar-refractivity contribution is 7.99. The van der Waals surface area contributed by atoms with Gasteiger partial charge in [-0.1, -0.05) is 35.2 Å². The van der Waals surface area contributed by atoms with Crippen molar-refractivity contribution in [1.29, 1.82) is 0 Å². The molecule has 2 aromatic heterocycles. The van der Waals surface area contributed by atoms with Crippen LogP contribution in [0.15, 0.2) is 58.8 Å². The third kappa shape index (κ3) is 4.98. The summed E-state index contributed by atoms with van der Waals surface area (Å²) in [6.07, 6.45) is 1.46. The van der Waals surface area contributed by atoms with E-state index in [-0.39, 0.29) is 23.3 Å². The first-order valence-corrected chi connectivity index (χ1v) is 10.8. The van der Waals surface area contributed by atoms with Gasteiger partial charge in [0.2, 0.25) is 11.1 Å². The van der Waals surface area contributed by atoms with Crippen molar-refractivity contribution in [3.05, 3.63) is 64.2 Å². The highest BCUT2D eigenvalue weighted by Gasteiger charge is 2.13. The lowest BCUT2D eigenvalue weighted by Gasteiger charge is -2.03. The van der Waals surface area contributed by atoms with Crippen molar-refractivity contribution in [2.24, 2.45) is 5.10 Å². The number of hydrogen-bond donors (Lipinski definition) is 3. The van der Waals surface area contributed by atoms with Crippen LogP contribution in [0.2, 0.25) is 0 Å². The van der Waals surface area contributed by atoms with Gasteiger partial charge in [-0.15, -0.1) is 10.2 Å². The monoisotopic (exact) mass is 469 g/mol. The Bertz CT molecular complexity index is 1270. The van der Waals surface area contributed by atoms with Gasteiger partial charge in [0.25, 0.3) is 11.6 Å². The van der Waals surface area contributed by atoms with E-state index in [2.05, 4.69) is 31.0 Å². The fourth-order valence-corrected chi connectivity index (χ4v) is 4.05. The summed E-state index contributed by atoms with van der Waals surface area (Å²) in [4.78, 5) is 26.8. The van der Waals surface area contributed by atoms with Crippen LogP contribution in [-0.2, 0) is 4.79 Å². The number of fused-ring (bicyclic) bond motifs is 1. The number of nitrogens with zero attached hydrogens (tertiary/aromatic N) is 6. The Morgan fingerprint density at radius 3 is 2.78 bits per heavy atom. The van der Waals surface area contributed by atoms with Crippen LogP contribution in [0.5, 0.6) is 0 Å². The number of nitro benzene ring substituents is 1. The van der Waals surface area contributed by atoms with Crippen LogP contribution in [0.4, 0.5) is 16.8 Å². The van der Waals surface area contributed by atoms with Crippen LogP contribution >= 0.6 is 23.1 Å². The Labute approximate surface area is 188 Å². The fourth-order valence-electron chi connectivity index (χ4n) is 2.51. The Kier molecular flexibility index (Phi) is 6.23. The second-order valence-corrected chi connectivity index (χ2v) is 8.19. The number of anilines is 2. The number of rotatable bonds is 8. The molecule has 32 heavy (non-hydrogen) atoms. The number of para-hydroxylation sites is 1. The number of aromatic nitrogens is 4. The summed E-state index contributed by atoms with van der Waals surface area (Å²) >= 11 is 2.50. The number of amides is 1. The molecule has 4 rings (SSSR count). The smallest absolute Gasteiger partial charge is 0.269 e. The van der Waals surface area contributed by atoms with E-state index in [9.17, 15) is 14.9 Å². The number of nitrogen functional groups attached to an aromatic ring is 1. The molecule has 0 saturated carbocycles. The number of hydrogen-bond acceptors (Lipinski definition) is 11. The van der Waals surface area contributed by atoms with Gasteiger partial charge in [-0.2, -0.15) is 5.10 Å². The van der Waals surface area contributed by atoms with Gasteiger partial charge in [0.05, 0.1) is 27.1 Å². The van der Waals surface area contributed by atoms with Gasteiger partial charge >= 0.3 is 0 Å². The van der Waals surface area contributed by atoms with Crippen molar-refractivity contribution in [3.8, 4) is 0 Å². The lowest BCUT2D eigenvalue weighted by atomic mass is 10.2. The molecular weight excluding hydrogens is 454 g/mol. The number of benzene rings is 2. The molecule has 4 N–H and O–H groups in total. The van der Waals surface area contributed by atoms with Crippen LogP contribution in [0.3, 0.4) is 0 Å². The second-order valence-electron chi connectivity index (χ2n) is 6.22. The summed E-state index contributed by atoms with van der Waals surface area (Å²) in [5.41, 5.74) is 4.10. The van der Waals surface area contributed by atoms with Gasteiger partial charge in [0, 0.05) is 12.1 Å². The van der Waals surface area contributed by atoms with Crippen LogP contribution in [0.25, 0.3) is 10.2 Å². The van der Waals surface area contributed by atoms with Crippen LogP contribution < -0.4 is 16.6 Å². The number of carbonyl (C=O) groups excluding carboxylic acids is 1. The predicted octanol–water partition coefficient (Wildman–Crippen LogP) is 2.69. The largest absolute Gasteiger partial charge is 0.334 e. The van der Waals surface area contributed by atoms with E-state index >= 15 is 0 Å². The highest BCUT2D eigenvalue weighted by atomic mass is 32.2. The van der Waals surface area contributed by atoms with E-state index in [1.54, 1.807) is 12.1 Å². The van der Waals surface area contributed by atoms with E-state index in [0.29, 0.717) is 15.9 Å². The minimum Gasteiger partial charge on any atom is -0.334 e. The maximum atomic E-state index is 12.2. The minimum absolute atomic E-state index is 0.00866. The molecule has 0 saturated heterocycles. The zero-order valence-corrected chi connectivity index (χ0v) is 17.8. The van der Waals surface area contributed by atoms with Crippen LogP contribution in [-0.4, -0.2) is 42.7 Å². The molecule has 14 heteroatoms. The number of thiazole rings is 1. The molecule has 0 atom stereocenters. The van der Waals surface area contributed by atoms with Gasteiger partial charge in [-0.05, 0) is 29.8 Å². The highest BCUT2D eigenvalue weighted by Crippen LogP contribution is 2.25. The van der Waals surface area contributed by atoms with Crippen molar-refractivity contribution in [3.63, 3.8) is 0 Å². The number of nitrogens with two attached hydrogens (primary N) is 1. The van der Waals surface area contributed by atoms with Crippen molar-refractivity contribution in [2.45, 2.75) is 5.16 Å². The third-order valence-electron chi connectivity index (χ3n) is 4.02.